The monoisotopic (exact) mass is 525 g/mol. The van der Waals surface area contributed by atoms with Crippen molar-refractivity contribution in [3.63, 3.8) is 0 Å². The molecule has 2 aromatic carbocycles. The molecule has 0 unspecified atom stereocenters. The van der Waals surface area contributed by atoms with Gasteiger partial charge in [0.15, 0.2) is 0 Å². The lowest BCUT2D eigenvalue weighted by Gasteiger charge is -2.37. The van der Waals surface area contributed by atoms with Gasteiger partial charge in [-0.15, -0.1) is 0 Å². The summed E-state index contributed by atoms with van der Waals surface area (Å²) in [6, 6.07) is 7.79. The van der Waals surface area contributed by atoms with Gasteiger partial charge in [-0.25, -0.2) is 13.2 Å². The minimum Gasteiger partial charge on any atom is -0.497 e. The van der Waals surface area contributed by atoms with Crippen molar-refractivity contribution in [2.75, 3.05) is 26.7 Å². The van der Waals surface area contributed by atoms with Crippen molar-refractivity contribution >= 4 is 16.9 Å². The first-order valence-electron chi connectivity index (χ1n) is 12.5. The molecule has 1 fully saturated rings. The maximum atomic E-state index is 14.8. The van der Waals surface area contributed by atoms with Crippen molar-refractivity contribution in [3.05, 3.63) is 71.2 Å². The number of benzene rings is 2. The molecule has 200 valence electrons. The number of methoxy groups -OCH3 is 1. The van der Waals surface area contributed by atoms with Gasteiger partial charge >= 0.3 is 5.97 Å². The molecular weight excluding hydrogens is 495 g/mol. The fourth-order valence-corrected chi connectivity index (χ4v) is 5.22. The van der Waals surface area contributed by atoms with Crippen LogP contribution in [-0.4, -0.2) is 47.7 Å². The Morgan fingerprint density at radius 3 is 2.68 bits per heavy atom. The zero-order chi connectivity index (χ0) is 27.2. The molecule has 2 heterocycles. The van der Waals surface area contributed by atoms with E-state index in [-0.39, 0.29) is 23.8 Å². The van der Waals surface area contributed by atoms with Gasteiger partial charge in [-0.1, -0.05) is 11.8 Å². The van der Waals surface area contributed by atoms with Crippen LogP contribution < -0.4 is 10.5 Å². The number of carbonyl (C=O) groups is 1. The van der Waals surface area contributed by atoms with E-state index in [9.17, 15) is 23.1 Å². The molecule has 0 bridgehead atoms. The van der Waals surface area contributed by atoms with Crippen molar-refractivity contribution in [2.24, 2.45) is 17.6 Å². The second-order valence-corrected chi connectivity index (χ2v) is 9.69. The molecule has 9 heteroatoms. The molecule has 0 radical (unpaired) electrons. The van der Waals surface area contributed by atoms with Crippen LogP contribution in [0.4, 0.5) is 13.2 Å². The van der Waals surface area contributed by atoms with Crippen LogP contribution in [0.1, 0.15) is 42.9 Å². The molecule has 0 saturated carbocycles. The molecule has 3 aromatic rings. The maximum Gasteiger partial charge on any atom is 0.303 e. The van der Waals surface area contributed by atoms with Crippen molar-refractivity contribution in [2.45, 2.75) is 31.7 Å². The Kier molecular flexibility index (Phi) is 8.87. The van der Waals surface area contributed by atoms with E-state index in [1.165, 1.54) is 25.4 Å². The van der Waals surface area contributed by atoms with Gasteiger partial charge in [0.2, 0.25) is 0 Å². The summed E-state index contributed by atoms with van der Waals surface area (Å²) in [7, 11) is 1.54. The second kappa shape index (κ2) is 12.3. The highest BCUT2D eigenvalue weighted by Gasteiger charge is 2.31. The summed E-state index contributed by atoms with van der Waals surface area (Å²) in [5.74, 6) is 3.53. The van der Waals surface area contributed by atoms with E-state index in [1.807, 2.05) is 0 Å². The van der Waals surface area contributed by atoms with Gasteiger partial charge in [0.25, 0.3) is 0 Å². The van der Waals surface area contributed by atoms with E-state index >= 15 is 0 Å². The Balaban J connectivity index is 1.42. The fourth-order valence-electron chi connectivity index (χ4n) is 5.22. The number of ether oxygens (including phenoxy) is 1. The summed E-state index contributed by atoms with van der Waals surface area (Å²) in [6.45, 7) is 1.59. The Morgan fingerprint density at radius 2 is 1.97 bits per heavy atom. The Labute approximate surface area is 219 Å². The normalized spacial score (nSPS) is 18.6. The summed E-state index contributed by atoms with van der Waals surface area (Å²) in [5, 5.41) is 10.1. The molecule has 38 heavy (non-hydrogen) atoms. The Hall–Kier alpha value is -3.61. The standard InChI is InChI=1S/C29H30F3N3O3/c1-38-23-5-7-27-24(15-23)29(25(32)16-34-27)26(33)6-4-19-8-10-35(17-20(19)13-28(36)37)9-2-3-18-11-21(30)14-22(31)12-18/h5,7,11-12,14-16,19-20,26H,4,6,8-10,13,17,33H2,1H3,(H,36,37)/t19-,20-,26+/m1/s1. The smallest absolute Gasteiger partial charge is 0.303 e. The minimum atomic E-state index is -0.884. The van der Waals surface area contributed by atoms with E-state index < -0.39 is 29.5 Å². The van der Waals surface area contributed by atoms with Crippen LogP contribution in [0.15, 0.2) is 42.6 Å². The van der Waals surface area contributed by atoms with Gasteiger partial charge in [-0.3, -0.25) is 14.7 Å². The third-order valence-corrected chi connectivity index (χ3v) is 7.10. The molecule has 3 atom stereocenters. The number of hydrogen-bond donors (Lipinski definition) is 2. The van der Waals surface area contributed by atoms with Crippen LogP contribution in [-0.2, 0) is 4.79 Å². The lowest BCUT2D eigenvalue weighted by atomic mass is 9.79. The summed E-state index contributed by atoms with van der Waals surface area (Å²) in [5.41, 5.74) is 7.73. The van der Waals surface area contributed by atoms with Crippen molar-refractivity contribution < 1.29 is 27.8 Å². The number of nitrogens with two attached hydrogens (primary N) is 1. The second-order valence-electron chi connectivity index (χ2n) is 9.69. The quantitative estimate of drug-likeness (QED) is 0.407. The molecule has 4 rings (SSSR count). The third kappa shape index (κ3) is 6.82. The SMILES string of the molecule is COc1ccc2ncc(F)c([C@@H](N)CC[C@@H]3CCN(CC#Cc4cc(F)cc(F)c4)C[C@H]3CC(=O)O)c2c1. The predicted octanol–water partition coefficient (Wildman–Crippen LogP) is 4.91. The number of likely N-dealkylation sites (tertiary alicyclic amines) is 1. The molecule has 0 amide bonds. The predicted molar refractivity (Wildman–Crippen MR) is 138 cm³/mol. The zero-order valence-electron chi connectivity index (χ0n) is 21.1. The number of fused-ring (bicyclic) bond motifs is 1. The van der Waals surface area contributed by atoms with Crippen molar-refractivity contribution in [1.29, 1.82) is 0 Å². The molecule has 1 aromatic heterocycles. The number of carboxylic acid groups (broad SMARTS) is 1. The third-order valence-electron chi connectivity index (χ3n) is 7.10. The summed E-state index contributed by atoms with van der Waals surface area (Å²) in [4.78, 5) is 17.8. The molecule has 0 aliphatic carbocycles. The number of pyridine rings is 1. The van der Waals surface area contributed by atoms with E-state index in [1.54, 1.807) is 18.2 Å². The van der Waals surface area contributed by atoms with Crippen LogP contribution in [0.2, 0.25) is 0 Å². The number of rotatable bonds is 8. The minimum absolute atomic E-state index is 0.00267. The first-order valence-corrected chi connectivity index (χ1v) is 12.5. The van der Waals surface area contributed by atoms with E-state index in [0.29, 0.717) is 54.7 Å². The molecular formula is C29H30F3N3O3. The van der Waals surface area contributed by atoms with Crippen LogP contribution in [0.25, 0.3) is 10.9 Å². The average Bonchev–Trinajstić information content (AvgIpc) is 2.86. The zero-order valence-corrected chi connectivity index (χ0v) is 21.1. The number of halogens is 3. The number of nitrogens with zero attached hydrogens (tertiary/aromatic N) is 2. The molecule has 3 N–H and O–H groups in total. The highest BCUT2D eigenvalue weighted by molar-refractivity contribution is 5.84. The van der Waals surface area contributed by atoms with Crippen LogP contribution in [0.3, 0.4) is 0 Å². The number of hydrogen-bond acceptors (Lipinski definition) is 5. The molecule has 0 spiro atoms. The van der Waals surface area contributed by atoms with Crippen LogP contribution in [0, 0.1) is 41.1 Å². The lowest BCUT2D eigenvalue weighted by Crippen LogP contribution is -2.41. The number of aliphatic carboxylic acids is 1. The van der Waals surface area contributed by atoms with Gasteiger partial charge in [0, 0.05) is 41.6 Å². The van der Waals surface area contributed by atoms with E-state index in [0.717, 1.165) is 12.5 Å². The molecule has 1 aliphatic heterocycles. The summed E-state index contributed by atoms with van der Waals surface area (Å²) >= 11 is 0. The largest absolute Gasteiger partial charge is 0.497 e. The van der Waals surface area contributed by atoms with Gasteiger partial charge in [-0.05, 0) is 68.0 Å². The van der Waals surface area contributed by atoms with E-state index in [4.69, 9.17) is 10.5 Å². The van der Waals surface area contributed by atoms with Crippen LogP contribution in [0.5, 0.6) is 5.75 Å². The molecule has 1 saturated heterocycles. The van der Waals surface area contributed by atoms with Crippen molar-refractivity contribution in [1.82, 2.24) is 9.88 Å². The highest BCUT2D eigenvalue weighted by Crippen LogP contribution is 2.35. The van der Waals surface area contributed by atoms with Crippen molar-refractivity contribution in [3.8, 4) is 17.6 Å². The van der Waals surface area contributed by atoms with E-state index in [2.05, 4.69) is 21.7 Å². The average molecular weight is 526 g/mol. The van der Waals surface area contributed by atoms with Gasteiger partial charge < -0.3 is 15.6 Å². The Bertz CT molecular complexity index is 1350. The fraction of sp³-hybridized carbons (Fsp3) is 0.379. The highest BCUT2D eigenvalue weighted by atomic mass is 19.1. The summed E-state index contributed by atoms with van der Waals surface area (Å²) in [6.07, 6.45) is 3.05. The molecule has 1 aliphatic rings. The first kappa shape index (κ1) is 27.4. The number of carboxylic acids is 1. The Morgan fingerprint density at radius 1 is 1.21 bits per heavy atom. The summed E-state index contributed by atoms with van der Waals surface area (Å²) < 4.78 is 46.9. The number of piperidine rings is 1. The number of aromatic nitrogens is 1. The molecule has 6 nitrogen and oxygen atoms in total. The topological polar surface area (TPSA) is 88.7 Å². The maximum absolute atomic E-state index is 14.8. The van der Waals surface area contributed by atoms with Gasteiger partial charge in [-0.2, -0.15) is 0 Å². The van der Waals surface area contributed by atoms with Gasteiger partial charge in [0.1, 0.15) is 23.2 Å². The van der Waals surface area contributed by atoms with Gasteiger partial charge in [0.05, 0.1) is 25.4 Å². The lowest BCUT2D eigenvalue weighted by molar-refractivity contribution is -0.139. The van der Waals surface area contributed by atoms with Crippen LogP contribution >= 0.6 is 0 Å². The first-order chi connectivity index (χ1) is 18.2.